The van der Waals surface area contributed by atoms with Gasteiger partial charge in [-0.25, -0.2) is 4.98 Å². The summed E-state index contributed by atoms with van der Waals surface area (Å²) < 4.78 is 0. The molecule has 0 unspecified atom stereocenters. The van der Waals surface area contributed by atoms with Crippen molar-refractivity contribution >= 4 is 34.2 Å². The minimum absolute atomic E-state index is 0.00748. The normalized spacial score (nSPS) is 13.0. The summed E-state index contributed by atoms with van der Waals surface area (Å²) in [5, 5.41) is 5.06. The van der Waals surface area contributed by atoms with Gasteiger partial charge in [-0.1, -0.05) is 32.0 Å². The van der Waals surface area contributed by atoms with Crippen molar-refractivity contribution in [2.45, 2.75) is 58.9 Å². The van der Waals surface area contributed by atoms with E-state index in [2.05, 4.69) is 24.1 Å². The molecule has 0 saturated heterocycles. The summed E-state index contributed by atoms with van der Waals surface area (Å²) in [5.41, 5.74) is 2.19. The Labute approximate surface area is 193 Å². The van der Waals surface area contributed by atoms with Crippen LogP contribution in [0.2, 0.25) is 0 Å². The van der Waals surface area contributed by atoms with Gasteiger partial charge in [0.1, 0.15) is 6.54 Å². The summed E-state index contributed by atoms with van der Waals surface area (Å²) in [6.45, 7) is 7.49. The van der Waals surface area contributed by atoms with Crippen LogP contribution in [-0.4, -0.2) is 58.2 Å². The van der Waals surface area contributed by atoms with Crippen LogP contribution in [-0.2, 0) is 16.0 Å². The summed E-state index contributed by atoms with van der Waals surface area (Å²) in [6.07, 6.45) is 3.90. The second-order valence-electron chi connectivity index (χ2n) is 8.23. The molecule has 1 aromatic heterocycles. The number of hydrogen-bond donors (Lipinski definition) is 1. The largest absolute Gasteiger partial charge is 0.342 e. The third-order valence-corrected chi connectivity index (χ3v) is 6.21. The molecule has 0 spiro atoms. The number of aromatic nitrogens is 1. The van der Waals surface area contributed by atoms with E-state index < -0.39 is 0 Å². The van der Waals surface area contributed by atoms with Crippen LogP contribution in [0.1, 0.15) is 61.1 Å². The first-order valence-electron chi connectivity index (χ1n) is 11.3. The average Bonchev–Trinajstić information content (AvgIpc) is 3.52. The monoisotopic (exact) mass is 456 g/mol. The molecule has 0 atom stereocenters. The quantitative estimate of drug-likeness (QED) is 0.556. The smallest absolute Gasteiger partial charge is 0.254 e. The van der Waals surface area contributed by atoms with E-state index in [1.54, 1.807) is 16.3 Å². The van der Waals surface area contributed by atoms with Gasteiger partial charge in [0.15, 0.2) is 5.13 Å². The van der Waals surface area contributed by atoms with Crippen molar-refractivity contribution in [2.24, 2.45) is 0 Å². The lowest BCUT2D eigenvalue weighted by Gasteiger charge is -2.22. The summed E-state index contributed by atoms with van der Waals surface area (Å²) in [5.74, 6) is -0.330. The molecule has 1 aromatic carbocycles. The predicted molar refractivity (Wildman–Crippen MR) is 127 cm³/mol. The zero-order valence-electron chi connectivity index (χ0n) is 19.1. The minimum atomic E-state index is -0.273. The van der Waals surface area contributed by atoms with Crippen LogP contribution in [0.15, 0.2) is 29.6 Å². The maximum atomic E-state index is 13.0. The van der Waals surface area contributed by atoms with Gasteiger partial charge in [0.2, 0.25) is 11.8 Å². The number of hydrogen-bond acceptors (Lipinski definition) is 5. The van der Waals surface area contributed by atoms with Crippen LogP contribution in [0.4, 0.5) is 5.13 Å². The van der Waals surface area contributed by atoms with Gasteiger partial charge >= 0.3 is 0 Å². The molecule has 1 fully saturated rings. The molecular weight excluding hydrogens is 424 g/mol. The van der Waals surface area contributed by atoms with Gasteiger partial charge in [-0.15, -0.1) is 11.3 Å². The van der Waals surface area contributed by atoms with Gasteiger partial charge in [-0.2, -0.15) is 0 Å². The van der Waals surface area contributed by atoms with Crippen LogP contribution < -0.4 is 5.32 Å². The SMILES string of the molecule is CCCN(CCC)C(=O)Cc1csc(NC(=O)CN(C(=O)c2ccccc2C)C2CC2)n1. The molecule has 0 radical (unpaired) electrons. The molecule has 3 amide bonds. The molecule has 3 rings (SSSR count). The van der Waals surface area contributed by atoms with Gasteiger partial charge < -0.3 is 15.1 Å². The summed E-state index contributed by atoms with van der Waals surface area (Å²) in [6, 6.07) is 7.55. The Morgan fingerprint density at radius 3 is 2.44 bits per heavy atom. The van der Waals surface area contributed by atoms with Crippen molar-refractivity contribution in [2.75, 3.05) is 25.0 Å². The predicted octanol–water partition coefficient (Wildman–Crippen LogP) is 3.89. The van der Waals surface area contributed by atoms with Crippen LogP contribution in [0.25, 0.3) is 0 Å². The van der Waals surface area contributed by atoms with E-state index in [1.165, 1.54) is 11.3 Å². The van der Waals surface area contributed by atoms with Crippen LogP contribution in [0.5, 0.6) is 0 Å². The zero-order valence-corrected chi connectivity index (χ0v) is 19.9. The molecule has 1 aliphatic carbocycles. The molecule has 8 heteroatoms. The van der Waals surface area contributed by atoms with E-state index in [-0.39, 0.29) is 36.7 Å². The molecular formula is C24H32N4O3S. The molecule has 1 heterocycles. The van der Waals surface area contributed by atoms with Crippen LogP contribution in [0, 0.1) is 6.92 Å². The van der Waals surface area contributed by atoms with Gasteiger partial charge in [0.25, 0.3) is 5.91 Å². The number of nitrogens with zero attached hydrogens (tertiary/aromatic N) is 3. The fraction of sp³-hybridized carbons (Fsp3) is 0.500. The molecule has 0 bridgehead atoms. The van der Waals surface area contributed by atoms with Gasteiger partial charge in [-0.3, -0.25) is 14.4 Å². The molecule has 1 N–H and O–H groups in total. The van der Waals surface area contributed by atoms with E-state index in [0.29, 0.717) is 16.4 Å². The highest BCUT2D eigenvalue weighted by atomic mass is 32.1. The Morgan fingerprint density at radius 2 is 1.81 bits per heavy atom. The number of anilines is 1. The highest BCUT2D eigenvalue weighted by molar-refractivity contribution is 7.13. The molecule has 172 valence electrons. The molecule has 0 aliphatic heterocycles. The van der Waals surface area contributed by atoms with Gasteiger partial charge in [-0.05, 0) is 44.2 Å². The number of carbonyl (C=O) groups is 3. The Balaban J connectivity index is 1.59. The maximum Gasteiger partial charge on any atom is 0.254 e. The van der Waals surface area contributed by atoms with Crippen molar-refractivity contribution < 1.29 is 14.4 Å². The third-order valence-electron chi connectivity index (χ3n) is 5.41. The Bertz CT molecular complexity index is 948. The van der Waals surface area contributed by atoms with Crippen LogP contribution >= 0.6 is 11.3 Å². The average molecular weight is 457 g/mol. The standard InChI is InChI=1S/C24H32N4O3S/c1-4-12-27(13-5-2)22(30)14-18-16-32-24(25-18)26-21(29)15-28(19-10-11-19)23(31)20-9-7-6-8-17(20)3/h6-9,16,19H,4-5,10-15H2,1-3H3,(H,25,26,29). The Morgan fingerprint density at radius 1 is 1.12 bits per heavy atom. The number of rotatable bonds is 11. The Kier molecular flexibility index (Phi) is 8.39. The van der Waals surface area contributed by atoms with E-state index in [4.69, 9.17) is 0 Å². The summed E-state index contributed by atoms with van der Waals surface area (Å²) in [7, 11) is 0. The zero-order chi connectivity index (χ0) is 23.1. The number of carbonyl (C=O) groups excluding carboxylic acids is 3. The molecule has 2 aromatic rings. The van der Waals surface area contributed by atoms with Crippen molar-refractivity contribution in [3.05, 3.63) is 46.5 Å². The lowest BCUT2D eigenvalue weighted by atomic mass is 10.1. The number of benzene rings is 1. The van der Waals surface area contributed by atoms with Crippen molar-refractivity contribution in [3.8, 4) is 0 Å². The topological polar surface area (TPSA) is 82.6 Å². The van der Waals surface area contributed by atoms with Crippen molar-refractivity contribution in [1.29, 1.82) is 0 Å². The second-order valence-corrected chi connectivity index (χ2v) is 9.09. The molecule has 7 nitrogen and oxygen atoms in total. The lowest BCUT2D eigenvalue weighted by Crippen LogP contribution is -2.39. The fourth-order valence-corrected chi connectivity index (χ4v) is 4.37. The molecule has 1 aliphatic rings. The summed E-state index contributed by atoms with van der Waals surface area (Å²) in [4.78, 5) is 46.2. The second kappa shape index (κ2) is 11.2. The number of amides is 3. The first-order chi connectivity index (χ1) is 15.4. The number of aryl methyl sites for hydroxylation is 1. The minimum Gasteiger partial charge on any atom is -0.342 e. The highest BCUT2D eigenvalue weighted by Gasteiger charge is 2.34. The van der Waals surface area contributed by atoms with Crippen molar-refractivity contribution in [3.63, 3.8) is 0 Å². The van der Waals surface area contributed by atoms with Crippen molar-refractivity contribution in [1.82, 2.24) is 14.8 Å². The molecule has 32 heavy (non-hydrogen) atoms. The molecule has 1 saturated carbocycles. The van der Waals surface area contributed by atoms with E-state index in [1.807, 2.05) is 30.0 Å². The highest BCUT2D eigenvalue weighted by Crippen LogP contribution is 2.29. The third kappa shape index (κ3) is 6.38. The maximum absolute atomic E-state index is 13.0. The van der Waals surface area contributed by atoms with E-state index in [0.717, 1.165) is 44.3 Å². The summed E-state index contributed by atoms with van der Waals surface area (Å²) >= 11 is 1.30. The van der Waals surface area contributed by atoms with Gasteiger partial charge in [0, 0.05) is 30.1 Å². The first-order valence-corrected chi connectivity index (χ1v) is 12.2. The van der Waals surface area contributed by atoms with Gasteiger partial charge in [0.05, 0.1) is 12.1 Å². The number of nitrogens with one attached hydrogen (secondary N) is 1. The number of thiazole rings is 1. The van der Waals surface area contributed by atoms with E-state index in [9.17, 15) is 14.4 Å². The lowest BCUT2D eigenvalue weighted by molar-refractivity contribution is -0.130. The first kappa shape index (κ1) is 23.9. The van der Waals surface area contributed by atoms with E-state index >= 15 is 0 Å². The Hall–Kier alpha value is -2.74. The van der Waals surface area contributed by atoms with Crippen LogP contribution in [0.3, 0.4) is 0 Å². The fourth-order valence-electron chi connectivity index (χ4n) is 3.65.